The Morgan fingerprint density at radius 2 is 2.12 bits per heavy atom. The SMILES string of the molecule is O=C(O)c1[nH]ccc1-c1ccc(Br)c(F)c1. The molecule has 0 unspecified atom stereocenters. The summed E-state index contributed by atoms with van der Waals surface area (Å²) in [7, 11) is 0. The molecule has 1 aromatic carbocycles. The number of rotatable bonds is 2. The quantitative estimate of drug-likeness (QED) is 0.889. The Hall–Kier alpha value is -1.62. The minimum atomic E-state index is -1.07. The lowest BCUT2D eigenvalue weighted by Gasteiger charge is -2.02. The molecule has 0 amide bonds. The van der Waals surface area contributed by atoms with Crippen LogP contribution in [0.15, 0.2) is 34.9 Å². The standard InChI is InChI=1S/C11H7BrFNO2/c12-8-2-1-6(5-9(8)13)7-3-4-14-10(7)11(15)16/h1-5,14H,(H,15,16). The zero-order chi connectivity index (χ0) is 11.7. The van der Waals surface area contributed by atoms with Crippen molar-refractivity contribution in [2.24, 2.45) is 0 Å². The summed E-state index contributed by atoms with van der Waals surface area (Å²) in [5.74, 6) is -1.49. The predicted molar refractivity (Wildman–Crippen MR) is 60.8 cm³/mol. The van der Waals surface area contributed by atoms with Gasteiger partial charge in [-0.1, -0.05) is 6.07 Å². The normalized spacial score (nSPS) is 10.4. The van der Waals surface area contributed by atoms with Crippen LogP contribution in [0.25, 0.3) is 11.1 Å². The maximum Gasteiger partial charge on any atom is 0.352 e. The molecule has 0 spiro atoms. The highest BCUT2D eigenvalue weighted by Crippen LogP contribution is 2.26. The number of hydrogen-bond acceptors (Lipinski definition) is 1. The second kappa shape index (κ2) is 4.09. The molecule has 0 aliphatic heterocycles. The third-order valence-corrected chi connectivity index (χ3v) is 2.83. The number of carbonyl (C=O) groups is 1. The number of hydrogen-bond donors (Lipinski definition) is 2. The molecule has 16 heavy (non-hydrogen) atoms. The number of H-pyrrole nitrogens is 1. The Morgan fingerprint density at radius 3 is 2.75 bits per heavy atom. The Bertz CT molecular complexity index is 551. The summed E-state index contributed by atoms with van der Waals surface area (Å²) in [6, 6.07) is 6.10. The zero-order valence-corrected chi connectivity index (χ0v) is 9.58. The molecule has 2 aromatic rings. The summed E-state index contributed by atoms with van der Waals surface area (Å²) in [6.45, 7) is 0. The van der Waals surface area contributed by atoms with Crippen LogP contribution in [0.4, 0.5) is 4.39 Å². The van der Waals surface area contributed by atoms with Gasteiger partial charge in [-0.3, -0.25) is 0 Å². The number of benzene rings is 1. The van der Waals surface area contributed by atoms with Crippen LogP contribution in [0.3, 0.4) is 0 Å². The van der Waals surface area contributed by atoms with Gasteiger partial charge >= 0.3 is 5.97 Å². The molecule has 2 N–H and O–H groups in total. The first-order chi connectivity index (χ1) is 7.59. The first-order valence-electron chi connectivity index (χ1n) is 4.45. The largest absolute Gasteiger partial charge is 0.477 e. The third-order valence-electron chi connectivity index (χ3n) is 2.19. The van der Waals surface area contributed by atoms with E-state index in [2.05, 4.69) is 20.9 Å². The topological polar surface area (TPSA) is 53.1 Å². The molecule has 0 atom stereocenters. The highest BCUT2D eigenvalue weighted by atomic mass is 79.9. The van der Waals surface area contributed by atoms with Crippen molar-refractivity contribution in [3.05, 3.63) is 46.4 Å². The van der Waals surface area contributed by atoms with E-state index in [0.717, 1.165) is 0 Å². The Kier molecular flexibility index (Phi) is 2.78. The van der Waals surface area contributed by atoms with Gasteiger partial charge in [-0.2, -0.15) is 0 Å². The number of aromatic amines is 1. The lowest BCUT2D eigenvalue weighted by Crippen LogP contribution is -1.98. The van der Waals surface area contributed by atoms with Crippen LogP contribution in [-0.4, -0.2) is 16.1 Å². The van der Waals surface area contributed by atoms with E-state index in [0.29, 0.717) is 15.6 Å². The van der Waals surface area contributed by atoms with Gasteiger partial charge in [-0.15, -0.1) is 0 Å². The van der Waals surface area contributed by atoms with E-state index in [-0.39, 0.29) is 5.69 Å². The number of carboxylic acid groups (broad SMARTS) is 1. The van der Waals surface area contributed by atoms with Crippen molar-refractivity contribution in [2.45, 2.75) is 0 Å². The number of nitrogens with one attached hydrogen (secondary N) is 1. The van der Waals surface area contributed by atoms with Gasteiger partial charge in [0.05, 0.1) is 4.47 Å². The van der Waals surface area contributed by atoms with E-state index >= 15 is 0 Å². The lowest BCUT2D eigenvalue weighted by atomic mass is 10.1. The fourth-order valence-corrected chi connectivity index (χ4v) is 1.70. The second-order valence-corrected chi connectivity index (χ2v) is 4.05. The second-order valence-electron chi connectivity index (χ2n) is 3.20. The molecule has 0 saturated carbocycles. The van der Waals surface area contributed by atoms with Crippen LogP contribution in [0.2, 0.25) is 0 Å². The van der Waals surface area contributed by atoms with Crippen LogP contribution >= 0.6 is 15.9 Å². The molecular weight excluding hydrogens is 277 g/mol. The van der Waals surface area contributed by atoms with Gasteiger partial charge < -0.3 is 10.1 Å². The number of aromatic nitrogens is 1. The molecule has 0 aliphatic carbocycles. The van der Waals surface area contributed by atoms with Crippen molar-refractivity contribution in [3.63, 3.8) is 0 Å². The average Bonchev–Trinajstić information content (AvgIpc) is 2.71. The summed E-state index contributed by atoms with van der Waals surface area (Å²) in [5.41, 5.74) is 1.06. The number of carboxylic acids is 1. The summed E-state index contributed by atoms with van der Waals surface area (Å²) < 4.78 is 13.7. The predicted octanol–water partition coefficient (Wildman–Crippen LogP) is 3.28. The van der Waals surface area contributed by atoms with E-state index in [9.17, 15) is 9.18 Å². The van der Waals surface area contributed by atoms with E-state index in [1.54, 1.807) is 18.2 Å². The van der Waals surface area contributed by atoms with Gasteiger partial charge in [0, 0.05) is 11.8 Å². The molecule has 0 saturated heterocycles. The van der Waals surface area contributed by atoms with Crippen LogP contribution < -0.4 is 0 Å². The summed E-state index contributed by atoms with van der Waals surface area (Å²) in [5, 5.41) is 8.91. The highest BCUT2D eigenvalue weighted by molar-refractivity contribution is 9.10. The van der Waals surface area contributed by atoms with Crippen molar-refractivity contribution in [1.29, 1.82) is 0 Å². The fraction of sp³-hybridized carbons (Fsp3) is 0. The Labute approximate surface area is 99.1 Å². The Morgan fingerprint density at radius 1 is 1.38 bits per heavy atom. The molecule has 1 heterocycles. The minimum Gasteiger partial charge on any atom is -0.477 e. The van der Waals surface area contributed by atoms with E-state index in [1.807, 2.05) is 0 Å². The molecule has 5 heteroatoms. The van der Waals surface area contributed by atoms with E-state index in [1.165, 1.54) is 12.3 Å². The molecule has 3 nitrogen and oxygen atoms in total. The van der Waals surface area contributed by atoms with Crippen molar-refractivity contribution < 1.29 is 14.3 Å². The van der Waals surface area contributed by atoms with Crippen LogP contribution in [0, 0.1) is 5.82 Å². The van der Waals surface area contributed by atoms with Gasteiger partial charge in [0.25, 0.3) is 0 Å². The maximum absolute atomic E-state index is 13.3. The third kappa shape index (κ3) is 1.86. The summed E-state index contributed by atoms with van der Waals surface area (Å²) >= 11 is 3.04. The van der Waals surface area contributed by atoms with Gasteiger partial charge in [0.15, 0.2) is 0 Å². The highest BCUT2D eigenvalue weighted by Gasteiger charge is 2.13. The van der Waals surface area contributed by atoms with Gasteiger partial charge in [-0.05, 0) is 39.7 Å². The van der Waals surface area contributed by atoms with Gasteiger partial charge in [-0.25, -0.2) is 9.18 Å². The van der Waals surface area contributed by atoms with Crippen LogP contribution in [0.1, 0.15) is 10.5 Å². The summed E-state index contributed by atoms with van der Waals surface area (Å²) in [6.07, 6.45) is 1.51. The first-order valence-corrected chi connectivity index (χ1v) is 5.25. The molecule has 0 radical (unpaired) electrons. The molecule has 2 rings (SSSR count). The monoisotopic (exact) mass is 283 g/mol. The molecule has 82 valence electrons. The fourth-order valence-electron chi connectivity index (χ4n) is 1.45. The number of aromatic carboxylic acids is 1. The molecule has 0 aliphatic rings. The van der Waals surface area contributed by atoms with Crippen molar-refractivity contribution in [2.75, 3.05) is 0 Å². The molecule has 0 fully saturated rings. The zero-order valence-electron chi connectivity index (χ0n) is 8.00. The minimum absolute atomic E-state index is 0.0572. The van der Waals surface area contributed by atoms with Crippen LogP contribution in [-0.2, 0) is 0 Å². The van der Waals surface area contributed by atoms with Gasteiger partial charge in [0.2, 0.25) is 0 Å². The molecule has 1 aromatic heterocycles. The molecule has 0 bridgehead atoms. The average molecular weight is 284 g/mol. The first kappa shape index (κ1) is 10.9. The van der Waals surface area contributed by atoms with Crippen molar-refractivity contribution >= 4 is 21.9 Å². The van der Waals surface area contributed by atoms with E-state index < -0.39 is 11.8 Å². The van der Waals surface area contributed by atoms with E-state index in [4.69, 9.17) is 5.11 Å². The lowest BCUT2D eigenvalue weighted by molar-refractivity contribution is 0.0692. The smallest absolute Gasteiger partial charge is 0.352 e. The van der Waals surface area contributed by atoms with Crippen LogP contribution in [0.5, 0.6) is 0 Å². The van der Waals surface area contributed by atoms with Crippen molar-refractivity contribution in [3.8, 4) is 11.1 Å². The maximum atomic E-state index is 13.3. The molecular formula is C11H7BrFNO2. The Balaban J connectivity index is 2.54. The van der Waals surface area contributed by atoms with Gasteiger partial charge in [0.1, 0.15) is 11.5 Å². The summed E-state index contributed by atoms with van der Waals surface area (Å²) in [4.78, 5) is 13.5. The van der Waals surface area contributed by atoms with Crippen molar-refractivity contribution in [1.82, 2.24) is 4.98 Å². The number of halogens is 2.